The second-order valence-electron chi connectivity index (χ2n) is 6.24. The minimum atomic E-state index is -4.08. The van der Waals surface area contributed by atoms with Crippen LogP contribution in [0.1, 0.15) is 16.7 Å². The summed E-state index contributed by atoms with van der Waals surface area (Å²) in [6.07, 6.45) is 1.28. The number of non-ortho nitro benzene ring substituents is 1. The number of hydrazone groups is 1. The summed E-state index contributed by atoms with van der Waals surface area (Å²) in [5.41, 5.74) is 1.59. The summed E-state index contributed by atoms with van der Waals surface area (Å²) in [6.45, 7) is 0.246. The fourth-order valence-electron chi connectivity index (χ4n) is 2.54. The lowest BCUT2D eigenvalue weighted by Gasteiger charge is -2.09. The summed E-state index contributed by atoms with van der Waals surface area (Å²) in [7, 11) is -4.08. The van der Waals surface area contributed by atoms with E-state index in [1.54, 1.807) is 48.5 Å². The van der Waals surface area contributed by atoms with Crippen LogP contribution in [-0.4, -0.2) is 19.6 Å². The summed E-state index contributed by atoms with van der Waals surface area (Å²) < 4.78 is 30.5. The Balaban J connectivity index is 1.70. The van der Waals surface area contributed by atoms with Crippen LogP contribution in [0, 0.1) is 21.4 Å². The number of benzene rings is 3. The maximum Gasteiger partial charge on any atom is 0.276 e. The number of para-hydroxylation sites is 1. The molecule has 0 atom stereocenters. The highest BCUT2D eigenvalue weighted by Gasteiger charge is 2.16. The highest BCUT2D eigenvalue weighted by molar-refractivity contribution is 7.89. The first-order valence-corrected chi connectivity index (χ1v) is 10.4. The number of nitro groups is 1. The van der Waals surface area contributed by atoms with Gasteiger partial charge in [-0.05, 0) is 35.9 Å². The van der Waals surface area contributed by atoms with Gasteiger partial charge in [-0.3, -0.25) is 10.1 Å². The molecule has 0 saturated carbocycles. The third-order valence-electron chi connectivity index (χ3n) is 4.11. The smallest absolute Gasteiger partial charge is 0.276 e. The highest BCUT2D eigenvalue weighted by atomic mass is 32.2. The van der Waals surface area contributed by atoms with Crippen LogP contribution in [0.2, 0.25) is 0 Å². The monoisotopic (exact) mass is 436 g/mol. The van der Waals surface area contributed by atoms with E-state index in [1.165, 1.54) is 24.4 Å². The van der Waals surface area contributed by atoms with Crippen molar-refractivity contribution in [2.24, 2.45) is 5.10 Å². The van der Waals surface area contributed by atoms with Crippen molar-refractivity contribution in [1.29, 1.82) is 5.26 Å². The van der Waals surface area contributed by atoms with Crippen LogP contribution in [0.25, 0.3) is 0 Å². The Morgan fingerprint density at radius 1 is 1.10 bits per heavy atom. The van der Waals surface area contributed by atoms with E-state index < -0.39 is 14.9 Å². The van der Waals surface area contributed by atoms with E-state index >= 15 is 0 Å². The van der Waals surface area contributed by atoms with E-state index in [2.05, 4.69) is 5.10 Å². The number of nitro benzene ring substituents is 1. The van der Waals surface area contributed by atoms with Crippen molar-refractivity contribution >= 4 is 21.9 Å². The second-order valence-corrected chi connectivity index (χ2v) is 7.90. The van der Waals surface area contributed by atoms with Crippen LogP contribution in [0.3, 0.4) is 0 Å². The molecule has 0 heterocycles. The molecular formula is C21H16N4O5S. The zero-order valence-electron chi connectivity index (χ0n) is 16.0. The maximum atomic E-state index is 12.3. The normalized spacial score (nSPS) is 11.1. The first-order chi connectivity index (χ1) is 14.9. The lowest BCUT2D eigenvalue weighted by Crippen LogP contribution is -2.18. The van der Waals surface area contributed by atoms with Crippen molar-refractivity contribution in [2.45, 2.75) is 11.5 Å². The molecule has 0 amide bonds. The molecule has 0 radical (unpaired) electrons. The van der Waals surface area contributed by atoms with Crippen molar-refractivity contribution in [3.05, 3.63) is 99.6 Å². The minimum Gasteiger partial charge on any atom is -0.488 e. The molecule has 3 aromatic carbocycles. The van der Waals surface area contributed by atoms with Crippen LogP contribution in [0.5, 0.6) is 5.75 Å². The van der Waals surface area contributed by atoms with Crippen LogP contribution >= 0.6 is 0 Å². The molecule has 156 valence electrons. The molecule has 1 N–H and O–H groups in total. The van der Waals surface area contributed by atoms with Crippen molar-refractivity contribution in [3.63, 3.8) is 0 Å². The molecule has 0 aromatic heterocycles. The standard InChI is InChI=1S/C21H16N4O5S/c22-13-16-8-10-17(11-9-16)15-30-21-7-2-1-4-18(21)14-23-24-31(28,29)20-6-3-5-19(12-20)25(26)27/h1-12,14,24H,15H2. The number of hydrogen-bond acceptors (Lipinski definition) is 7. The number of nitrogens with zero attached hydrogens (tertiary/aromatic N) is 3. The van der Waals surface area contributed by atoms with E-state index in [4.69, 9.17) is 10.00 Å². The summed E-state index contributed by atoms with van der Waals surface area (Å²) >= 11 is 0. The van der Waals surface area contributed by atoms with Gasteiger partial charge in [0.1, 0.15) is 12.4 Å². The molecule has 0 saturated heterocycles. The average molecular weight is 436 g/mol. The topological polar surface area (TPSA) is 135 Å². The Hall–Kier alpha value is -4.23. The maximum absolute atomic E-state index is 12.3. The summed E-state index contributed by atoms with van der Waals surface area (Å²) in [6, 6.07) is 20.6. The summed E-state index contributed by atoms with van der Waals surface area (Å²) in [5.74, 6) is 0.477. The average Bonchev–Trinajstić information content (AvgIpc) is 2.78. The van der Waals surface area contributed by atoms with Gasteiger partial charge in [0.05, 0.1) is 27.7 Å². The van der Waals surface area contributed by atoms with E-state index in [0.29, 0.717) is 16.9 Å². The van der Waals surface area contributed by atoms with Gasteiger partial charge >= 0.3 is 0 Å². The van der Waals surface area contributed by atoms with Gasteiger partial charge in [-0.2, -0.15) is 18.8 Å². The Labute approximate surface area is 178 Å². The number of nitriles is 1. The zero-order chi connectivity index (χ0) is 22.3. The number of ether oxygens (including phenoxy) is 1. The van der Waals surface area contributed by atoms with E-state index in [9.17, 15) is 18.5 Å². The van der Waals surface area contributed by atoms with Crippen LogP contribution < -0.4 is 9.57 Å². The first-order valence-electron chi connectivity index (χ1n) is 8.89. The molecule has 31 heavy (non-hydrogen) atoms. The fraction of sp³-hybridized carbons (Fsp3) is 0.0476. The molecule has 0 aliphatic heterocycles. The van der Waals surface area contributed by atoms with Gasteiger partial charge < -0.3 is 4.74 Å². The quantitative estimate of drug-likeness (QED) is 0.327. The van der Waals surface area contributed by atoms with E-state index in [-0.39, 0.29) is 17.2 Å². The third kappa shape index (κ3) is 5.65. The Morgan fingerprint density at radius 3 is 2.55 bits per heavy atom. The van der Waals surface area contributed by atoms with Gasteiger partial charge in [0, 0.05) is 17.7 Å². The van der Waals surface area contributed by atoms with Crippen molar-refractivity contribution in [1.82, 2.24) is 4.83 Å². The van der Waals surface area contributed by atoms with E-state index in [1.807, 2.05) is 10.9 Å². The molecule has 10 heteroatoms. The number of sulfonamides is 1. The SMILES string of the molecule is N#Cc1ccc(COc2ccccc2C=NNS(=O)(=O)c2cccc([N+](=O)[O-])c2)cc1. The molecule has 3 rings (SSSR count). The van der Waals surface area contributed by atoms with Crippen LogP contribution in [0.15, 0.2) is 82.8 Å². The Kier molecular flexibility index (Phi) is 6.59. The van der Waals surface area contributed by atoms with Gasteiger partial charge in [0.15, 0.2) is 0 Å². The highest BCUT2D eigenvalue weighted by Crippen LogP contribution is 2.19. The van der Waals surface area contributed by atoms with Crippen molar-refractivity contribution in [2.75, 3.05) is 0 Å². The molecular weight excluding hydrogens is 420 g/mol. The van der Waals surface area contributed by atoms with Crippen molar-refractivity contribution in [3.8, 4) is 11.8 Å². The molecule has 0 unspecified atom stereocenters. The van der Waals surface area contributed by atoms with Crippen LogP contribution in [0.4, 0.5) is 5.69 Å². The van der Waals surface area contributed by atoms with Crippen molar-refractivity contribution < 1.29 is 18.1 Å². The fourth-order valence-corrected chi connectivity index (χ4v) is 3.37. The predicted octanol–water partition coefficient (Wildman–Crippen LogP) is 3.36. The summed E-state index contributed by atoms with van der Waals surface area (Å²) in [5, 5.41) is 23.4. The van der Waals surface area contributed by atoms with Gasteiger partial charge in [0.2, 0.25) is 0 Å². The lowest BCUT2D eigenvalue weighted by molar-refractivity contribution is -0.385. The zero-order valence-corrected chi connectivity index (χ0v) is 16.8. The third-order valence-corrected chi connectivity index (χ3v) is 5.33. The number of rotatable bonds is 8. The second kappa shape index (κ2) is 9.51. The predicted molar refractivity (Wildman–Crippen MR) is 113 cm³/mol. The van der Waals surface area contributed by atoms with Gasteiger partial charge in [-0.25, -0.2) is 4.83 Å². The van der Waals surface area contributed by atoms with Crippen LogP contribution in [-0.2, 0) is 16.6 Å². The van der Waals surface area contributed by atoms with Gasteiger partial charge in [-0.15, -0.1) is 0 Å². The molecule has 9 nitrogen and oxygen atoms in total. The van der Waals surface area contributed by atoms with E-state index in [0.717, 1.165) is 11.6 Å². The lowest BCUT2D eigenvalue weighted by atomic mass is 10.1. The molecule has 0 aliphatic rings. The largest absolute Gasteiger partial charge is 0.488 e. The summed E-state index contributed by atoms with van der Waals surface area (Å²) in [4.78, 5) is 11.9. The molecule has 0 bridgehead atoms. The molecule has 0 spiro atoms. The Bertz CT molecular complexity index is 1270. The molecule has 0 fully saturated rings. The number of hydrogen-bond donors (Lipinski definition) is 1. The molecule has 3 aromatic rings. The Morgan fingerprint density at radius 2 is 1.84 bits per heavy atom. The van der Waals surface area contributed by atoms with Gasteiger partial charge in [0.25, 0.3) is 15.7 Å². The minimum absolute atomic E-state index is 0.246. The first kappa shape index (κ1) is 21.5. The molecule has 0 aliphatic carbocycles. The number of nitrogens with one attached hydrogen (secondary N) is 1. The van der Waals surface area contributed by atoms with Gasteiger partial charge in [-0.1, -0.05) is 30.3 Å².